The Labute approximate surface area is 71.3 Å². The molecule has 0 unspecified atom stereocenters. The van der Waals surface area contributed by atoms with Gasteiger partial charge in [-0.2, -0.15) is 0 Å². The predicted molar refractivity (Wildman–Crippen MR) is 43.4 cm³/mol. The largest absolute Gasteiger partial charge is 0.392 e. The van der Waals surface area contributed by atoms with Crippen molar-refractivity contribution in [2.75, 3.05) is 13.1 Å². The molecule has 2 heterocycles. The lowest BCUT2D eigenvalue weighted by Gasteiger charge is -2.27. The SMILES string of the molecule is NC(=O)[C@]12CCCN1C[C@H](O)C2. The van der Waals surface area contributed by atoms with Crippen molar-refractivity contribution in [3.63, 3.8) is 0 Å². The zero-order valence-electron chi connectivity index (χ0n) is 6.99. The molecule has 1 amide bonds. The first-order chi connectivity index (χ1) is 5.65. The number of aliphatic hydroxyl groups excluding tert-OH is 1. The van der Waals surface area contributed by atoms with E-state index in [0.29, 0.717) is 13.0 Å². The van der Waals surface area contributed by atoms with E-state index in [-0.39, 0.29) is 12.0 Å². The average molecular weight is 170 g/mol. The molecular formula is C8H14N2O2. The van der Waals surface area contributed by atoms with Gasteiger partial charge in [0.1, 0.15) is 5.54 Å². The molecule has 0 saturated carbocycles. The lowest BCUT2D eigenvalue weighted by atomic mass is 9.93. The van der Waals surface area contributed by atoms with Gasteiger partial charge in [-0.25, -0.2) is 0 Å². The van der Waals surface area contributed by atoms with E-state index in [2.05, 4.69) is 0 Å². The van der Waals surface area contributed by atoms with Crippen molar-refractivity contribution in [3.8, 4) is 0 Å². The second-order valence-corrected chi connectivity index (χ2v) is 3.80. The number of primary amides is 1. The van der Waals surface area contributed by atoms with Crippen molar-refractivity contribution in [1.29, 1.82) is 0 Å². The van der Waals surface area contributed by atoms with Gasteiger partial charge in [-0.15, -0.1) is 0 Å². The van der Waals surface area contributed by atoms with E-state index in [1.165, 1.54) is 0 Å². The molecule has 2 aliphatic rings. The third-order valence-electron chi connectivity index (χ3n) is 3.09. The van der Waals surface area contributed by atoms with Crippen LogP contribution in [0.25, 0.3) is 0 Å². The molecule has 0 aromatic heterocycles. The molecule has 0 spiro atoms. The molecule has 2 saturated heterocycles. The minimum atomic E-state index is -0.501. The number of nitrogens with zero attached hydrogens (tertiary/aromatic N) is 1. The smallest absolute Gasteiger partial charge is 0.238 e. The van der Waals surface area contributed by atoms with Crippen LogP contribution in [0.5, 0.6) is 0 Å². The molecule has 2 fully saturated rings. The Balaban J connectivity index is 2.26. The summed E-state index contributed by atoms with van der Waals surface area (Å²) >= 11 is 0. The third-order valence-corrected chi connectivity index (χ3v) is 3.09. The van der Waals surface area contributed by atoms with Crippen LogP contribution in [0.4, 0.5) is 0 Å². The summed E-state index contributed by atoms with van der Waals surface area (Å²) in [5.41, 5.74) is 4.84. The minimum absolute atomic E-state index is 0.267. The molecule has 12 heavy (non-hydrogen) atoms. The highest BCUT2D eigenvalue weighted by Crippen LogP contribution is 2.38. The number of amides is 1. The number of β-amino-alcohol motifs (C(OH)–C–C–N with tert-alkyl or cyclic N) is 1. The normalized spacial score (nSPS) is 41.6. The quantitative estimate of drug-likeness (QED) is 0.534. The van der Waals surface area contributed by atoms with Gasteiger partial charge in [0.05, 0.1) is 6.10 Å². The van der Waals surface area contributed by atoms with Crippen molar-refractivity contribution >= 4 is 5.91 Å². The highest BCUT2D eigenvalue weighted by Gasteiger charge is 2.52. The van der Waals surface area contributed by atoms with Gasteiger partial charge in [0.2, 0.25) is 5.91 Å². The molecule has 4 nitrogen and oxygen atoms in total. The Morgan fingerprint density at radius 2 is 2.42 bits per heavy atom. The maximum atomic E-state index is 11.2. The molecule has 2 rings (SSSR count). The first-order valence-corrected chi connectivity index (χ1v) is 4.38. The van der Waals surface area contributed by atoms with Crippen molar-refractivity contribution in [2.45, 2.75) is 30.9 Å². The van der Waals surface area contributed by atoms with Crippen molar-refractivity contribution in [1.82, 2.24) is 4.90 Å². The van der Waals surface area contributed by atoms with Crippen LogP contribution in [-0.4, -0.2) is 40.6 Å². The van der Waals surface area contributed by atoms with Crippen LogP contribution < -0.4 is 5.73 Å². The number of carbonyl (C=O) groups excluding carboxylic acids is 1. The van der Waals surface area contributed by atoms with Crippen LogP contribution in [0.2, 0.25) is 0 Å². The summed E-state index contributed by atoms with van der Waals surface area (Å²) < 4.78 is 0. The molecule has 0 radical (unpaired) electrons. The monoisotopic (exact) mass is 170 g/mol. The van der Waals surface area contributed by atoms with Crippen LogP contribution in [0.1, 0.15) is 19.3 Å². The van der Waals surface area contributed by atoms with E-state index in [1.807, 2.05) is 4.90 Å². The topological polar surface area (TPSA) is 66.6 Å². The highest BCUT2D eigenvalue weighted by atomic mass is 16.3. The van der Waals surface area contributed by atoms with Gasteiger partial charge in [-0.3, -0.25) is 9.69 Å². The number of rotatable bonds is 1. The molecular weight excluding hydrogens is 156 g/mol. The molecule has 2 aliphatic heterocycles. The van der Waals surface area contributed by atoms with Crippen LogP contribution in [0, 0.1) is 0 Å². The van der Waals surface area contributed by atoms with Gasteiger partial charge in [-0.05, 0) is 19.4 Å². The number of hydrogen-bond acceptors (Lipinski definition) is 3. The Morgan fingerprint density at radius 1 is 1.67 bits per heavy atom. The summed E-state index contributed by atoms with van der Waals surface area (Å²) in [6, 6.07) is 0. The maximum absolute atomic E-state index is 11.2. The summed E-state index contributed by atoms with van der Waals surface area (Å²) in [6.07, 6.45) is 2.01. The zero-order valence-corrected chi connectivity index (χ0v) is 6.99. The van der Waals surface area contributed by atoms with E-state index in [4.69, 9.17) is 5.73 Å². The molecule has 0 aromatic carbocycles. The van der Waals surface area contributed by atoms with Crippen LogP contribution in [0.15, 0.2) is 0 Å². The van der Waals surface area contributed by atoms with E-state index in [0.717, 1.165) is 19.4 Å². The zero-order chi connectivity index (χ0) is 8.77. The number of aliphatic hydroxyl groups is 1. The maximum Gasteiger partial charge on any atom is 0.238 e. The Kier molecular flexibility index (Phi) is 1.63. The first-order valence-electron chi connectivity index (χ1n) is 4.38. The molecule has 0 aromatic rings. The van der Waals surface area contributed by atoms with E-state index in [9.17, 15) is 9.90 Å². The third kappa shape index (κ3) is 0.881. The second kappa shape index (κ2) is 2.44. The summed E-state index contributed by atoms with van der Waals surface area (Å²) in [5, 5.41) is 9.40. The van der Waals surface area contributed by atoms with Gasteiger partial charge in [0.25, 0.3) is 0 Å². The average Bonchev–Trinajstić information content (AvgIpc) is 2.42. The number of hydrogen-bond donors (Lipinski definition) is 2. The Hall–Kier alpha value is -0.610. The van der Waals surface area contributed by atoms with Crippen molar-refractivity contribution in [3.05, 3.63) is 0 Å². The highest BCUT2D eigenvalue weighted by molar-refractivity contribution is 5.85. The Bertz CT molecular complexity index is 219. The summed E-state index contributed by atoms with van der Waals surface area (Å²) in [6.45, 7) is 1.52. The van der Waals surface area contributed by atoms with Gasteiger partial charge in [0, 0.05) is 13.0 Å². The minimum Gasteiger partial charge on any atom is -0.392 e. The molecule has 0 aliphatic carbocycles. The lowest BCUT2D eigenvalue weighted by molar-refractivity contribution is -0.127. The fourth-order valence-electron chi connectivity index (χ4n) is 2.52. The van der Waals surface area contributed by atoms with E-state index >= 15 is 0 Å². The molecule has 4 heteroatoms. The second-order valence-electron chi connectivity index (χ2n) is 3.80. The van der Waals surface area contributed by atoms with Gasteiger partial charge in [-0.1, -0.05) is 0 Å². The van der Waals surface area contributed by atoms with E-state index < -0.39 is 5.54 Å². The number of carbonyl (C=O) groups is 1. The fraction of sp³-hybridized carbons (Fsp3) is 0.875. The van der Waals surface area contributed by atoms with Crippen LogP contribution in [-0.2, 0) is 4.79 Å². The Morgan fingerprint density at radius 3 is 3.00 bits per heavy atom. The fourth-order valence-corrected chi connectivity index (χ4v) is 2.52. The molecule has 2 atom stereocenters. The van der Waals surface area contributed by atoms with Crippen molar-refractivity contribution in [2.24, 2.45) is 5.73 Å². The summed E-state index contributed by atoms with van der Waals surface area (Å²) in [7, 11) is 0. The summed E-state index contributed by atoms with van der Waals surface area (Å²) in [5.74, 6) is -0.267. The van der Waals surface area contributed by atoms with Gasteiger partial charge < -0.3 is 10.8 Å². The van der Waals surface area contributed by atoms with Gasteiger partial charge in [0.15, 0.2) is 0 Å². The van der Waals surface area contributed by atoms with Crippen LogP contribution >= 0.6 is 0 Å². The standard InChI is InChI=1S/C8H14N2O2/c9-7(12)8-2-1-3-10(8)5-6(11)4-8/h6,11H,1-5H2,(H2,9,12)/t6-,8-/m1/s1. The molecule has 3 N–H and O–H groups in total. The van der Waals surface area contributed by atoms with Crippen molar-refractivity contribution < 1.29 is 9.90 Å². The predicted octanol–water partition coefficient (Wildman–Crippen LogP) is -0.929. The van der Waals surface area contributed by atoms with Crippen LogP contribution in [0.3, 0.4) is 0 Å². The first kappa shape index (κ1) is 8.01. The molecule has 68 valence electrons. The molecule has 0 bridgehead atoms. The number of nitrogens with two attached hydrogens (primary N) is 1. The summed E-state index contributed by atoms with van der Waals surface area (Å²) in [4.78, 5) is 13.2. The number of fused-ring (bicyclic) bond motifs is 1. The van der Waals surface area contributed by atoms with E-state index in [1.54, 1.807) is 0 Å². The van der Waals surface area contributed by atoms with Gasteiger partial charge >= 0.3 is 0 Å². The lowest BCUT2D eigenvalue weighted by Crippen LogP contribution is -2.49.